The summed E-state index contributed by atoms with van der Waals surface area (Å²) in [4.78, 5) is 11.2. The highest BCUT2D eigenvalue weighted by molar-refractivity contribution is 5.85. The Kier molecular flexibility index (Phi) is 4.36. The van der Waals surface area contributed by atoms with Crippen LogP contribution in [-0.2, 0) is 16.0 Å². The van der Waals surface area contributed by atoms with Crippen LogP contribution in [0.3, 0.4) is 0 Å². The fourth-order valence-electron chi connectivity index (χ4n) is 2.25. The predicted molar refractivity (Wildman–Crippen MR) is 82.5 cm³/mol. The van der Waals surface area contributed by atoms with Crippen LogP contribution in [0.5, 0.6) is 0 Å². The number of carbonyl (C=O) groups is 1. The molecule has 102 valence electrons. The van der Waals surface area contributed by atoms with Crippen molar-refractivity contribution < 1.29 is 9.53 Å². The minimum atomic E-state index is -0.365. The van der Waals surface area contributed by atoms with Crippen molar-refractivity contribution in [1.82, 2.24) is 0 Å². The third-order valence-corrected chi connectivity index (χ3v) is 3.27. The number of esters is 1. The molecule has 0 bridgehead atoms. The molecule has 0 aliphatic heterocycles. The van der Waals surface area contributed by atoms with Crippen LogP contribution < -0.4 is 0 Å². The molecule has 2 aromatic rings. The third kappa shape index (κ3) is 3.15. The number of hydrogen-bond donors (Lipinski definition) is 0. The van der Waals surface area contributed by atoms with Crippen molar-refractivity contribution in [2.75, 3.05) is 0 Å². The van der Waals surface area contributed by atoms with Crippen molar-refractivity contribution in [2.24, 2.45) is 0 Å². The van der Waals surface area contributed by atoms with Gasteiger partial charge in [-0.05, 0) is 21.9 Å². The molecule has 2 nitrogen and oxygen atoms in total. The Morgan fingerprint density at radius 1 is 1.25 bits per heavy atom. The molecule has 1 unspecified atom stereocenters. The summed E-state index contributed by atoms with van der Waals surface area (Å²) in [6.45, 7) is 9.02. The van der Waals surface area contributed by atoms with E-state index in [0.717, 1.165) is 5.56 Å². The van der Waals surface area contributed by atoms with E-state index in [1.807, 2.05) is 18.2 Å². The monoisotopic (exact) mass is 266 g/mol. The maximum absolute atomic E-state index is 11.2. The number of benzene rings is 2. The smallest absolute Gasteiger partial charge is 0.303 e. The summed E-state index contributed by atoms with van der Waals surface area (Å²) >= 11 is 0. The van der Waals surface area contributed by atoms with Gasteiger partial charge in [0.1, 0.15) is 6.10 Å². The van der Waals surface area contributed by atoms with Crippen LogP contribution in [0.15, 0.2) is 67.3 Å². The highest BCUT2D eigenvalue weighted by Gasteiger charge is 2.16. The first-order chi connectivity index (χ1) is 9.61. The van der Waals surface area contributed by atoms with Gasteiger partial charge in [0.15, 0.2) is 0 Å². The van der Waals surface area contributed by atoms with Crippen LogP contribution in [0.25, 0.3) is 10.8 Å². The topological polar surface area (TPSA) is 26.3 Å². The first-order valence-electron chi connectivity index (χ1n) is 6.57. The van der Waals surface area contributed by atoms with E-state index < -0.39 is 0 Å². The Morgan fingerprint density at radius 2 is 1.95 bits per heavy atom. The average Bonchev–Trinajstić information content (AvgIpc) is 2.45. The highest BCUT2D eigenvalue weighted by atomic mass is 16.5. The maximum atomic E-state index is 11.2. The van der Waals surface area contributed by atoms with E-state index in [1.54, 1.807) is 6.08 Å². The van der Waals surface area contributed by atoms with E-state index in [2.05, 4.69) is 37.4 Å². The molecule has 0 fully saturated rings. The van der Waals surface area contributed by atoms with Gasteiger partial charge in [-0.3, -0.25) is 4.79 Å². The van der Waals surface area contributed by atoms with Crippen molar-refractivity contribution in [2.45, 2.75) is 19.4 Å². The van der Waals surface area contributed by atoms with Crippen LogP contribution in [-0.4, -0.2) is 12.1 Å². The van der Waals surface area contributed by atoms with Gasteiger partial charge in [-0.1, -0.05) is 61.7 Å². The zero-order valence-corrected chi connectivity index (χ0v) is 11.6. The van der Waals surface area contributed by atoms with Crippen LogP contribution in [0.4, 0.5) is 0 Å². The molecule has 1 atom stereocenters. The number of hydrogen-bond acceptors (Lipinski definition) is 2. The second-order valence-corrected chi connectivity index (χ2v) is 4.72. The van der Waals surface area contributed by atoms with Gasteiger partial charge in [0.05, 0.1) is 0 Å². The van der Waals surface area contributed by atoms with Gasteiger partial charge >= 0.3 is 5.97 Å². The van der Waals surface area contributed by atoms with Gasteiger partial charge in [-0.2, -0.15) is 0 Å². The number of ether oxygens (including phenoxy) is 1. The Bertz CT molecular complexity index is 650. The van der Waals surface area contributed by atoms with Crippen molar-refractivity contribution in [3.8, 4) is 0 Å². The first-order valence-corrected chi connectivity index (χ1v) is 6.57. The van der Waals surface area contributed by atoms with E-state index in [0.29, 0.717) is 12.0 Å². The van der Waals surface area contributed by atoms with Gasteiger partial charge in [0.25, 0.3) is 0 Å². The zero-order chi connectivity index (χ0) is 14.5. The van der Waals surface area contributed by atoms with Crippen LogP contribution in [0.2, 0.25) is 0 Å². The molecule has 0 saturated heterocycles. The fraction of sp³-hybridized carbons (Fsp3) is 0.167. The highest BCUT2D eigenvalue weighted by Crippen LogP contribution is 2.22. The molecule has 0 aromatic heterocycles. The number of fused-ring (bicyclic) bond motifs is 1. The lowest BCUT2D eigenvalue weighted by Crippen LogP contribution is -2.20. The summed E-state index contributed by atoms with van der Waals surface area (Å²) in [7, 11) is 0. The van der Waals surface area contributed by atoms with Crippen LogP contribution >= 0.6 is 0 Å². The molecule has 0 spiro atoms. The van der Waals surface area contributed by atoms with Crippen molar-refractivity contribution in [3.63, 3.8) is 0 Å². The molecule has 0 radical (unpaired) electrons. The quantitative estimate of drug-likeness (QED) is 0.602. The normalized spacial score (nSPS) is 11.8. The van der Waals surface area contributed by atoms with E-state index in [9.17, 15) is 4.79 Å². The Balaban J connectivity index is 2.35. The lowest BCUT2D eigenvalue weighted by Gasteiger charge is -2.18. The summed E-state index contributed by atoms with van der Waals surface area (Å²) in [6.07, 6.45) is 1.88. The summed E-state index contributed by atoms with van der Waals surface area (Å²) in [5.74, 6) is -0.307. The molecule has 2 heteroatoms. The fourth-order valence-corrected chi connectivity index (χ4v) is 2.25. The minimum Gasteiger partial charge on any atom is -0.457 e. The van der Waals surface area contributed by atoms with E-state index in [1.165, 1.54) is 17.7 Å². The van der Waals surface area contributed by atoms with Crippen LogP contribution in [0, 0.1) is 0 Å². The first kappa shape index (κ1) is 14.1. The molecular weight excluding hydrogens is 248 g/mol. The minimum absolute atomic E-state index is 0.307. The van der Waals surface area contributed by atoms with Gasteiger partial charge in [0.2, 0.25) is 0 Å². The molecule has 0 aliphatic rings. The second-order valence-electron chi connectivity index (χ2n) is 4.72. The summed E-state index contributed by atoms with van der Waals surface area (Å²) in [5, 5.41) is 2.35. The van der Waals surface area contributed by atoms with Gasteiger partial charge in [0, 0.05) is 13.3 Å². The maximum Gasteiger partial charge on any atom is 0.303 e. The van der Waals surface area contributed by atoms with E-state index in [-0.39, 0.29) is 12.1 Å². The van der Waals surface area contributed by atoms with Crippen molar-refractivity contribution in [1.29, 1.82) is 0 Å². The molecule has 0 aliphatic carbocycles. The van der Waals surface area contributed by atoms with Gasteiger partial charge in [-0.15, -0.1) is 0 Å². The van der Waals surface area contributed by atoms with Crippen LogP contribution in [0.1, 0.15) is 12.5 Å². The van der Waals surface area contributed by atoms with Gasteiger partial charge < -0.3 is 4.74 Å². The van der Waals surface area contributed by atoms with E-state index in [4.69, 9.17) is 4.74 Å². The average molecular weight is 266 g/mol. The lowest BCUT2D eigenvalue weighted by atomic mass is 9.97. The molecule has 0 amide bonds. The molecule has 0 heterocycles. The second kappa shape index (κ2) is 6.20. The Hall–Kier alpha value is -2.35. The molecule has 2 rings (SSSR count). The third-order valence-electron chi connectivity index (χ3n) is 3.27. The van der Waals surface area contributed by atoms with E-state index >= 15 is 0 Å². The predicted octanol–water partition coefficient (Wildman–Crippen LogP) is 4.06. The molecule has 0 N–H and O–H groups in total. The molecular formula is C18H18O2. The number of rotatable bonds is 5. The summed E-state index contributed by atoms with van der Waals surface area (Å²) < 4.78 is 5.35. The molecule has 0 saturated carbocycles. The molecule has 20 heavy (non-hydrogen) atoms. The lowest BCUT2D eigenvalue weighted by molar-refractivity contribution is -0.144. The SMILES string of the molecule is C=CC(=C)C(Cc1cccc2ccccc12)OC(C)=O. The summed E-state index contributed by atoms with van der Waals surface area (Å²) in [5.41, 5.74) is 1.85. The Labute approximate surface area is 119 Å². The standard InChI is InChI=1S/C18H18O2/c1-4-13(2)18(20-14(3)19)12-16-10-7-9-15-8-5-6-11-17(15)16/h4-11,18H,1-2,12H2,3H3. The largest absolute Gasteiger partial charge is 0.457 e. The summed E-state index contributed by atoms with van der Waals surface area (Å²) in [6, 6.07) is 14.3. The number of carbonyl (C=O) groups excluding carboxylic acids is 1. The Morgan fingerprint density at radius 3 is 2.65 bits per heavy atom. The van der Waals surface area contributed by atoms with Gasteiger partial charge in [-0.25, -0.2) is 0 Å². The zero-order valence-electron chi connectivity index (χ0n) is 11.6. The molecule has 2 aromatic carbocycles. The van der Waals surface area contributed by atoms with Crippen molar-refractivity contribution in [3.05, 3.63) is 72.8 Å². The van der Waals surface area contributed by atoms with Crippen molar-refractivity contribution >= 4 is 16.7 Å².